The fourth-order valence-electron chi connectivity index (χ4n) is 2.12. The molecular weight excluding hydrogens is 254 g/mol. The maximum absolute atomic E-state index is 5.53. The number of hydrogen-bond acceptors (Lipinski definition) is 4. The summed E-state index contributed by atoms with van der Waals surface area (Å²) in [5, 5.41) is 7.85. The SMILES string of the molecule is CCc1nn(C)cc1CNCCCOCc1ccco1. The lowest BCUT2D eigenvalue weighted by Crippen LogP contribution is -2.16. The maximum Gasteiger partial charge on any atom is 0.129 e. The molecule has 5 heteroatoms. The van der Waals surface area contributed by atoms with E-state index < -0.39 is 0 Å². The highest BCUT2D eigenvalue weighted by Crippen LogP contribution is 2.06. The van der Waals surface area contributed by atoms with Crippen molar-refractivity contribution in [2.75, 3.05) is 13.2 Å². The minimum atomic E-state index is 0.551. The average Bonchev–Trinajstić information content (AvgIpc) is 3.07. The molecule has 2 rings (SSSR count). The molecule has 0 radical (unpaired) electrons. The zero-order valence-electron chi connectivity index (χ0n) is 12.3. The summed E-state index contributed by atoms with van der Waals surface area (Å²) < 4.78 is 12.6. The second-order valence-electron chi connectivity index (χ2n) is 4.79. The fourth-order valence-corrected chi connectivity index (χ4v) is 2.12. The molecule has 110 valence electrons. The lowest BCUT2D eigenvalue weighted by atomic mass is 10.2. The van der Waals surface area contributed by atoms with Crippen LogP contribution in [0.4, 0.5) is 0 Å². The average molecular weight is 277 g/mol. The van der Waals surface area contributed by atoms with Crippen LogP contribution in [0.5, 0.6) is 0 Å². The van der Waals surface area contributed by atoms with Crippen molar-refractivity contribution in [3.05, 3.63) is 41.6 Å². The van der Waals surface area contributed by atoms with Crippen LogP contribution in [0.25, 0.3) is 0 Å². The number of aryl methyl sites for hydroxylation is 2. The second-order valence-corrected chi connectivity index (χ2v) is 4.79. The van der Waals surface area contributed by atoms with Crippen LogP contribution in [-0.2, 0) is 31.4 Å². The molecule has 0 aliphatic carbocycles. The molecule has 0 unspecified atom stereocenters. The van der Waals surface area contributed by atoms with Crippen molar-refractivity contribution in [3.8, 4) is 0 Å². The van der Waals surface area contributed by atoms with Crippen LogP contribution in [-0.4, -0.2) is 22.9 Å². The molecule has 5 nitrogen and oxygen atoms in total. The zero-order valence-corrected chi connectivity index (χ0v) is 12.3. The Morgan fingerprint density at radius 2 is 2.35 bits per heavy atom. The normalized spacial score (nSPS) is 11.1. The molecular formula is C15H23N3O2. The summed E-state index contributed by atoms with van der Waals surface area (Å²) in [6.45, 7) is 5.23. The maximum atomic E-state index is 5.53. The Kier molecular flexibility index (Phi) is 5.83. The summed E-state index contributed by atoms with van der Waals surface area (Å²) in [6, 6.07) is 3.80. The first-order valence-corrected chi connectivity index (χ1v) is 7.12. The van der Waals surface area contributed by atoms with Crippen molar-refractivity contribution in [2.24, 2.45) is 7.05 Å². The first kappa shape index (κ1) is 14.8. The summed E-state index contributed by atoms with van der Waals surface area (Å²) in [5.74, 6) is 0.876. The van der Waals surface area contributed by atoms with Crippen LogP contribution < -0.4 is 5.32 Å². The molecule has 0 bridgehead atoms. The molecule has 0 spiro atoms. The van der Waals surface area contributed by atoms with Gasteiger partial charge in [-0.05, 0) is 31.5 Å². The number of rotatable bonds is 9. The summed E-state index contributed by atoms with van der Waals surface area (Å²) in [7, 11) is 1.96. The summed E-state index contributed by atoms with van der Waals surface area (Å²) >= 11 is 0. The molecule has 0 aromatic carbocycles. The second kappa shape index (κ2) is 7.87. The van der Waals surface area contributed by atoms with Gasteiger partial charge < -0.3 is 14.5 Å². The van der Waals surface area contributed by atoms with Crippen molar-refractivity contribution in [1.82, 2.24) is 15.1 Å². The Bertz CT molecular complexity index is 491. The highest BCUT2D eigenvalue weighted by molar-refractivity contribution is 5.16. The fraction of sp³-hybridized carbons (Fsp3) is 0.533. The molecule has 2 aromatic rings. The quantitative estimate of drug-likeness (QED) is 0.714. The van der Waals surface area contributed by atoms with Gasteiger partial charge in [-0.2, -0.15) is 5.10 Å². The van der Waals surface area contributed by atoms with Gasteiger partial charge >= 0.3 is 0 Å². The predicted molar refractivity (Wildman–Crippen MR) is 77.3 cm³/mol. The van der Waals surface area contributed by atoms with Crippen LogP contribution in [0, 0.1) is 0 Å². The smallest absolute Gasteiger partial charge is 0.129 e. The molecule has 0 saturated heterocycles. The van der Waals surface area contributed by atoms with Crippen LogP contribution >= 0.6 is 0 Å². The van der Waals surface area contributed by atoms with Gasteiger partial charge in [0.1, 0.15) is 12.4 Å². The van der Waals surface area contributed by atoms with Crippen molar-refractivity contribution >= 4 is 0 Å². The molecule has 0 aliphatic heterocycles. The van der Waals surface area contributed by atoms with Gasteiger partial charge in [-0.1, -0.05) is 6.92 Å². The van der Waals surface area contributed by atoms with Gasteiger partial charge in [0.2, 0.25) is 0 Å². The van der Waals surface area contributed by atoms with E-state index in [9.17, 15) is 0 Å². The highest BCUT2D eigenvalue weighted by atomic mass is 16.5. The van der Waals surface area contributed by atoms with E-state index in [1.807, 2.05) is 23.9 Å². The molecule has 0 aliphatic rings. The Morgan fingerprint density at radius 1 is 1.45 bits per heavy atom. The minimum absolute atomic E-state index is 0.551. The highest BCUT2D eigenvalue weighted by Gasteiger charge is 2.04. The van der Waals surface area contributed by atoms with Crippen LogP contribution in [0.3, 0.4) is 0 Å². The van der Waals surface area contributed by atoms with Crippen LogP contribution in [0.2, 0.25) is 0 Å². The Labute approximate surface area is 119 Å². The van der Waals surface area contributed by atoms with Crippen molar-refractivity contribution in [3.63, 3.8) is 0 Å². The molecule has 0 atom stereocenters. The molecule has 1 N–H and O–H groups in total. The number of nitrogens with zero attached hydrogens (tertiary/aromatic N) is 2. The largest absolute Gasteiger partial charge is 0.467 e. The van der Waals surface area contributed by atoms with Gasteiger partial charge in [0.05, 0.1) is 12.0 Å². The van der Waals surface area contributed by atoms with E-state index in [-0.39, 0.29) is 0 Å². The van der Waals surface area contributed by atoms with Crippen molar-refractivity contribution in [1.29, 1.82) is 0 Å². The first-order chi connectivity index (χ1) is 9.79. The first-order valence-electron chi connectivity index (χ1n) is 7.12. The lowest BCUT2D eigenvalue weighted by Gasteiger charge is -2.05. The van der Waals surface area contributed by atoms with Gasteiger partial charge in [-0.15, -0.1) is 0 Å². The number of nitrogens with one attached hydrogen (secondary N) is 1. The van der Waals surface area contributed by atoms with Gasteiger partial charge in [0.15, 0.2) is 0 Å². The van der Waals surface area contributed by atoms with E-state index in [0.29, 0.717) is 6.61 Å². The van der Waals surface area contributed by atoms with Crippen LogP contribution in [0.15, 0.2) is 29.0 Å². The predicted octanol–water partition coefficient (Wildman–Crippen LogP) is 2.27. The molecule has 0 amide bonds. The Hall–Kier alpha value is -1.59. The summed E-state index contributed by atoms with van der Waals surface area (Å²) in [4.78, 5) is 0. The third-order valence-corrected chi connectivity index (χ3v) is 3.11. The number of ether oxygens (including phenoxy) is 1. The van der Waals surface area contributed by atoms with E-state index in [0.717, 1.165) is 38.3 Å². The molecule has 2 aromatic heterocycles. The van der Waals surface area contributed by atoms with E-state index >= 15 is 0 Å². The Morgan fingerprint density at radius 3 is 3.10 bits per heavy atom. The van der Waals surface area contributed by atoms with E-state index in [2.05, 4.69) is 23.5 Å². The van der Waals surface area contributed by atoms with E-state index in [4.69, 9.17) is 9.15 Å². The van der Waals surface area contributed by atoms with Crippen molar-refractivity contribution < 1.29 is 9.15 Å². The minimum Gasteiger partial charge on any atom is -0.467 e. The Balaban J connectivity index is 1.55. The molecule has 20 heavy (non-hydrogen) atoms. The number of furan rings is 1. The number of aromatic nitrogens is 2. The van der Waals surface area contributed by atoms with Crippen LogP contribution in [0.1, 0.15) is 30.4 Å². The molecule has 2 heterocycles. The number of hydrogen-bond donors (Lipinski definition) is 1. The monoisotopic (exact) mass is 277 g/mol. The van der Waals surface area contributed by atoms with E-state index in [1.54, 1.807) is 6.26 Å². The molecule has 0 saturated carbocycles. The van der Waals surface area contributed by atoms with Gasteiger partial charge in [-0.25, -0.2) is 0 Å². The summed E-state index contributed by atoms with van der Waals surface area (Å²) in [5.41, 5.74) is 2.46. The molecule has 0 fully saturated rings. The topological polar surface area (TPSA) is 52.2 Å². The third kappa shape index (κ3) is 4.51. The van der Waals surface area contributed by atoms with E-state index in [1.165, 1.54) is 11.3 Å². The third-order valence-electron chi connectivity index (χ3n) is 3.11. The van der Waals surface area contributed by atoms with Gasteiger partial charge in [0.25, 0.3) is 0 Å². The zero-order chi connectivity index (χ0) is 14.2. The standard InChI is InChI=1S/C15H23N3O2/c1-3-15-13(11-18(2)17-15)10-16-7-5-8-19-12-14-6-4-9-20-14/h4,6,9,11,16H,3,5,7-8,10,12H2,1-2H3. The van der Waals surface area contributed by atoms with Gasteiger partial charge in [0, 0.05) is 32.0 Å². The lowest BCUT2D eigenvalue weighted by molar-refractivity contribution is 0.104. The summed E-state index contributed by atoms with van der Waals surface area (Å²) in [6.07, 6.45) is 5.71. The van der Waals surface area contributed by atoms with Gasteiger partial charge in [-0.3, -0.25) is 4.68 Å². The van der Waals surface area contributed by atoms with Crippen molar-refractivity contribution in [2.45, 2.75) is 32.9 Å².